The van der Waals surface area contributed by atoms with Crippen molar-refractivity contribution in [3.63, 3.8) is 0 Å². The first-order valence-electron chi connectivity index (χ1n) is 5.75. The van der Waals surface area contributed by atoms with Crippen molar-refractivity contribution in [1.29, 1.82) is 5.26 Å². The molecule has 0 aliphatic carbocycles. The largest absolute Gasteiger partial charge is 0.424 e. The summed E-state index contributed by atoms with van der Waals surface area (Å²) in [5.41, 5.74) is 2.93. The predicted molar refractivity (Wildman–Crippen MR) is 68.7 cm³/mol. The molecule has 1 aromatic carbocycles. The molecule has 0 aliphatic rings. The summed E-state index contributed by atoms with van der Waals surface area (Å²) < 4.78 is 5.63. The first kappa shape index (κ1) is 13.0. The number of aromatic nitrogens is 2. The minimum absolute atomic E-state index is 0.102. The van der Waals surface area contributed by atoms with Gasteiger partial charge in [0.15, 0.2) is 0 Å². The summed E-state index contributed by atoms with van der Waals surface area (Å²) in [6.45, 7) is 3.63. The lowest BCUT2D eigenvalue weighted by Gasteiger charge is -2.10. The average molecular weight is 255 g/mol. The molecule has 96 valence electrons. The van der Waals surface area contributed by atoms with Crippen molar-refractivity contribution in [3.05, 3.63) is 46.8 Å². The number of hydrogen-bond acceptors (Lipinski definition) is 5. The maximum atomic E-state index is 8.91. The number of aliphatic hydroxyl groups is 1. The number of aryl methyl sites for hydroxylation is 2. The molecule has 19 heavy (non-hydrogen) atoms. The second kappa shape index (κ2) is 5.46. The van der Waals surface area contributed by atoms with Crippen molar-refractivity contribution < 1.29 is 9.84 Å². The van der Waals surface area contributed by atoms with E-state index in [1.165, 1.54) is 12.4 Å². The lowest BCUT2D eigenvalue weighted by atomic mass is 10.1. The standard InChI is InChI=1S/C14H13N3O2/c1-9-3-11(5-15)4-10(2)13(9)19-14-16-6-12(8-18)7-17-14/h3-4,6-7,18H,8H2,1-2H3. The van der Waals surface area contributed by atoms with Crippen LogP contribution in [0.5, 0.6) is 11.8 Å². The molecule has 0 saturated carbocycles. The molecule has 1 aromatic heterocycles. The van der Waals surface area contributed by atoms with Gasteiger partial charge in [-0.15, -0.1) is 0 Å². The number of nitriles is 1. The molecule has 0 fully saturated rings. The number of aliphatic hydroxyl groups excluding tert-OH is 1. The van der Waals surface area contributed by atoms with E-state index in [0.29, 0.717) is 16.9 Å². The number of rotatable bonds is 3. The molecule has 1 heterocycles. The van der Waals surface area contributed by atoms with Crippen LogP contribution in [0.1, 0.15) is 22.3 Å². The third kappa shape index (κ3) is 2.87. The summed E-state index contributed by atoms with van der Waals surface area (Å²) in [7, 11) is 0. The van der Waals surface area contributed by atoms with E-state index in [0.717, 1.165) is 11.1 Å². The Bertz CT molecular complexity index is 607. The van der Waals surface area contributed by atoms with Gasteiger partial charge in [-0.25, -0.2) is 9.97 Å². The van der Waals surface area contributed by atoms with Gasteiger partial charge in [0.1, 0.15) is 5.75 Å². The molecule has 0 unspecified atom stereocenters. The molecule has 0 amide bonds. The molecular formula is C14H13N3O2. The van der Waals surface area contributed by atoms with Crippen LogP contribution < -0.4 is 4.74 Å². The molecule has 0 radical (unpaired) electrons. The predicted octanol–water partition coefficient (Wildman–Crippen LogP) is 2.25. The van der Waals surface area contributed by atoms with Crippen molar-refractivity contribution in [3.8, 4) is 17.8 Å². The van der Waals surface area contributed by atoms with Gasteiger partial charge in [0.05, 0.1) is 18.2 Å². The van der Waals surface area contributed by atoms with E-state index in [9.17, 15) is 0 Å². The normalized spacial score (nSPS) is 10.0. The smallest absolute Gasteiger partial charge is 0.321 e. The Morgan fingerprint density at radius 2 is 1.79 bits per heavy atom. The molecule has 2 aromatic rings. The summed E-state index contributed by atoms with van der Waals surface area (Å²) in [6.07, 6.45) is 3.02. The highest BCUT2D eigenvalue weighted by Gasteiger charge is 2.09. The van der Waals surface area contributed by atoms with E-state index in [1.54, 1.807) is 12.1 Å². The summed E-state index contributed by atoms with van der Waals surface area (Å²) in [4.78, 5) is 8.02. The van der Waals surface area contributed by atoms with E-state index < -0.39 is 0 Å². The minimum Gasteiger partial charge on any atom is -0.424 e. The molecule has 5 heteroatoms. The molecule has 0 spiro atoms. The molecule has 0 saturated heterocycles. The highest BCUT2D eigenvalue weighted by atomic mass is 16.5. The lowest BCUT2D eigenvalue weighted by molar-refractivity contribution is 0.280. The minimum atomic E-state index is -0.102. The van der Waals surface area contributed by atoms with Gasteiger partial charge in [0.25, 0.3) is 0 Å². The van der Waals surface area contributed by atoms with Gasteiger partial charge < -0.3 is 9.84 Å². The summed E-state index contributed by atoms with van der Waals surface area (Å²) in [5.74, 6) is 0.649. The number of ether oxygens (including phenoxy) is 1. The van der Waals surface area contributed by atoms with Crippen molar-refractivity contribution in [2.24, 2.45) is 0 Å². The van der Waals surface area contributed by atoms with Crippen LogP contribution >= 0.6 is 0 Å². The van der Waals surface area contributed by atoms with Crippen molar-refractivity contribution in [2.45, 2.75) is 20.5 Å². The zero-order chi connectivity index (χ0) is 13.8. The Balaban J connectivity index is 2.30. The van der Waals surface area contributed by atoms with Gasteiger partial charge in [0.2, 0.25) is 0 Å². The van der Waals surface area contributed by atoms with Crippen LogP contribution in [0.4, 0.5) is 0 Å². The molecule has 0 bridgehead atoms. The number of benzene rings is 1. The second-order valence-electron chi connectivity index (χ2n) is 4.19. The van der Waals surface area contributed by atoms with E-state index in [4.69, 9.17) is 15.1 Å². The SMILES string of the molecule is Cc1cc(C#N)cc(C)c1Oc1ncc(CO)cn1. The van der Waals surface area contributed by atoms with Gasteiger partial charge in [-0.05, 0) is 37.1 Å². The van der Waals surface area contributed by atoms with E-state index in [-0.39, 0.29) is 12.6 Å². The van der Waals surface area contributed by atoms with Crippen LogP contribution in [0.2, 0.25) is 0 Å². The van der Waals surface area contributed by atoms with Gasteiger partial charge in [-0.2, -0.15) is 5.26 Å². The topological polar surface area (TPSA) is 79.0 Å². The van der Waals surface area contributed by atoms with Crippen LogP contribution in [0.15, 0.2) is 24.5 Å². The second-order valence-corrected chi connectivity index (χ2v) is 4.19. The van der Waals surface area contributed by atoms with Crippen LogP contribution in [-0.4, -0.2) is 15.1 Å². The molecular weight excluding hydrogens is 242 g/mol. The third-order valence-electron chi connectivity index (χ3n) is 2.65. The fraction of sp³-hybridized carbons (Fsp3) is 0.214. The Morgan fingerprint density at radius 1 is 1.21 bits per heavy atom. The van der Waals surface area contributed by atoms with Crippen molar-refractivity contribution >= 4 is 0 Å². The Hall–Kier alpha value is -2.45. The lowest BCUT2D eigenvalue weighted by Crippen LogP contribution is -1.97. The fourth-order valence-corrected chi connectivity index (χ4v) is 1.74. The maximum Gasteiger partial charge on any atom is 0.321 e. The molecule has 5 nitrogen and oxygen atoms in total. The van der Waals surface area contributed by atoms with Crippen LogP contribution in [0.25, 0.3) is 0 Å². The van der Waals surface area contributed by atoms with E-state index in [1.807, 2.05) is 13.8 Å². The maximum absolute atomic E-state index is 8.91. The summed E-state index contributed by atoms with van der Waals surface area (Å²) in [5, 5.41) is 17.8. The van der Waals surface area contributed by atoms with Gasteiger partial charge >= 0.3 is 6.01 Å². The van der Waals surface area contributed by atoms with E-state index >= 15 is 0 Å². The first-order valence-corrected chi connectivity index (χ1v) is 5.75. The summed E-state index contributed by atoms with van der Waals surface area (Å²) in [6, 6.07) is 5.82. The molecule has 0 atom stereocenters. The number of nitrogens with zero attached hydrogens (tertiary/aromatic N) is 3. The fourth-order valence-electron chi connectivity index (χ4n) is 1.74. The van der Waals surface area contributed by atoms with Gasteiger partial charge in [-0.3, -0.25) is 0 Å². The Kier molecular flexibility index (Phi) is 3.74. The molecule has 0 aliphatic heterocycles. The van der Waals surface area contributed by atoms with Crippen molar-refractivity contribution in [2.75, 3.05) is 0 Å². The van der Waals surface area contributed by atoms with Crippen LogP contribution in [-0.2, 0) is 6.61 Å². The quantitative estimate of drug-likeness (QED) is 0.909. The van der Waals surface area contributed by atoms with Gasteiger partial charge in [-0.1, -0.05) is 0 Å². The highest BCUT2D eigenvalue weighted by molar-refractivity contribution is 5.47. The number of hydrogen-bond donors (Lipinski definition) is 1. The Labute approximate surface area is 111 Å². The van der Waals surface area contributed by atoms with E-state index in [2.05, 4.69) is 16.0 Å². The van der Waals surface area contributed by atoms with Gasteiger partial charge in [0, 0.05) is 18.0 Å². The zero-order valence-corrected chi connectivity index (χ0v) is 10.7. The monoisotopic (exact) mass is 255 g/mol. The average Bonchev–Trinajstić information content (AvgIpc) is 2.43. The Morgan fingerprint density at radius 3 is 2.26 bits per heavy atom. The van der Waals surface area contributed by atoms with Crippen molar-refractivity contribution in [1.82, 2.24) is 9.97 Å². The summed E-state index contributed by atoms with van der Waals surface area (Å²) >= 11 is 0. The van der Waals surface area contributed by atoms with Crippen LogP contribution in [0.3, 0.4) is 0 Å². The molecule has 1 N–H and O–H groups in total. The third-order valence-corrected chi connectivity index (χ3v) is 2.65. The molecule has 2 rings (SSSR count). The first-order chi connectivity index (χ1) is 9.13. The highest BCUT2D eigenvalue weighted by Crippen LogP contribution is 2.27. The zero-order valence-electron chi connectivity index (χ0n) is 10.7. The van der Waals surface area contributed by atoms with Crippen LogP contribution in [0, 0.1) is 25.2 Å².